The van der Waals surface area contributed by atoms with E-state index in [9.17, 15) is 9.59 Å². The molecule has 2 aliphatic heterocycles. The largest absolute Gasteiger partial charge is 0.481 e. The molecule has 0 aliphatic carbocycles. The van der Waals surface area contributed by atoms with E-state index in [2.05, 4.69) is 17.6 Å². The molecule has 30 heavy (non-hydrogen) atoms. The topological polar surface area (TPSA) is 115 Å². The van der Waals surface area contributed by atoms with Gasteiger partial charge in [0, 0.05) is 18.8 Å². The van der Waals surface area contributed by atoms with Gasteiger partial charge in [-0.05, 0) is 38.0 Å². The predicted molar refractivity (Wildman–Crippen MR) is 108 cm³/mol. The Morgan fingerprint density at radius 2 is 1.93 bits per heavy atom. The van der Waals surface area contributed by atoms with E-state index < -0.39 is 30.2 Å². The average Bonchev–Trinajstić information content (AvgIpc) is 3.13. The molecule has 3 rings (SSSR count). The Balaban J connectivity index is 1.51. The molecule has 1 aromatic carbocycles. The molecule has 1 aromatic rings. The molecule has 4 atom stereocenters. The third kappa shape index (κ3) is 5.91. The van der Waals surface area contributed by atoms with Crippen LogP contribution in [-0.4, -0.2) is 60.6 Å². The van der Waals surface area contributed by atoms with Crippen molar-refractivity contribution in [2.45, 2.75) is 70.4 Å². The highest BCUT2D eigenvalue weighted by Gasteiger charge is 2.55. The Kier molecular flexibility index (Phi) is 7.30. The second-order valence-electron chi connectivity index (χ2n) is 7.93. The first-order valence-corrected chi connectivity index (χ1v) is 10.3. The van der Waals surface area contributed by atoms with E-state index in [-0.39, 0.29) is 25.2 Å². The fourth-order valence-corrected chi connectivity index (χ4v) is 3.53. The van der Waals surface area contributed by atoms with Gasteiger partial charge in [-0.2, -0.15) is 0 Å². The van der Waals surface area contributed by atoms with Crippen LogP contribution in [0.4, 0.5) is 10.5 Å². The third-order valence-electron chi connectivity index (χ3n) is 4.93. The van der Waals surface area contributed by atoms with Gasteiger partial charge in [0.25, 0.3) is 0 Å². The molecular formula is C21H30N2O7. The van der Waals surface area contributed by atoms with E-state index in [0.717, 1.165) is 12.8 Å². The number of rotatable bonds is 9. The van der Waals surface area contributed by atoms with Gasteiger partial charge in [0.2, 0.25) is 0 Å². The maximum absolute atomic E-state index is 12.3. The summed E-state index contributed by atoms with van der Waals surface area (Å²) in [5, 5.41) is 14.3. The second-order valence-corrected chi connectivity index (χ2v) is 7.93. The monoisotopic (exact) mass is 422 g/mol. The summed E-state index contributed by atoms with van der Waals surface area (Å²) in [5.41, 5.74) is 1.23. The number of anilines is 1. The van der Waals surface area contributed by atoms with Crippen molar-refractivity contribution in [1.82, 2.24) is 5.32 Å². The minimum Gasteiger partial charge on any atom is -0.481 e. The number of hydrogen-bond acceptors (Lipinski definition) is 6. The average molecular weight is 422 g/mol. The van der Waals surface area contributed by atoms with Gasteiger partial charge in [-0.25, -0.2) is 4.79 Å². The number of aliphatic carboxylic acids is 1. The molecule has 2 saturated heterocycles. The lowest BCUT2D eigenvalue weighted by molar-refractivity contribution is -0.217. The van der Waals surface area contributed by atoms with Crippen LogP contribution in [-0.2, 0) is 30.2 Å². The standard InChI is InChI=1S/C21H30N2O7/c1-4-5-10-27-17-15(28-19-18(17)29-21(2,3)30-19)12-22-20(26)23-14-8-6-13(7-9-14)11-16(24)25/h6-9,15,17-19H,4-5,10-12H2,1-3H3,(H,24,25)(H2,22,23,26)/t15-,17+,18+,19+/m0/s1. The number of carboxylic acid groups (broad SMARTS) is 1. The number of benzene rings is 1. The molecule has 9 nitrogen and oxygen atoms in total. The number of carbonyl (C=O) groups is 2. The fourth-order valence-electron chi connectivity index (χ4n) is 3.53. The highest BCUT2D eigenvalue weighted by molar-refractivity contribution is 5.89. The summed E-state index contributed by atoms with van der Waals surface area (Å²) >= 11 is 0. The van der Waals surface area contributed by atoms with Crippen LogP contribution in [0.25, 0.3) is 0 Å². The van der Waals surface area contributed by atoms with Gasteiger partial charge in [0.1, 0.15) is 18.3 Å². The quantitative estimate of drug-likeness (QED) is 0.524. The van der Waals surface area contributed by atoms with E-state index >= 15 is 0 Å². The van der Waals surface area contributed by atoms with Crippen molar-refractivity contribution in [3.05, 3.63) is 29.8 Å². The highest BCUT2D eigenvalue weighted by atomic mass is 16.8. The van der Waals surface area contributed by atoms with Crippen molar-refractivity contribution >= 4 is 17.7 Å². The van der Waals surface area contributed by atoms with Gasteiger partial charge in [-0.1, -0.05) is 25.5 Å². The van der Waals surface area contributed by atoms with Gasteiger partial charge >= 0.3 is 12.0 Å². The maximum atomic E-state index is 12.3. The molecule has 9 heteroatoms. The van der Waals surface area contributed by atoms with E-state index in [1.807, 2.05) is 13.8 Å². The molecule has 0 saturated carbocycles. The van der Waals surface area contributed by atoms with Gasteiger partial charge < -0.3 is 34.7 Å². The van der Waals surface area contributed by atoms with Crippen LogP contribution in [0, 0.1) is 0 Å². The zero-order valence-electron chi connectivity index (χ0n) is 17.6. The summed E-state index contributed by atoms with van der Waals surface area (Å²) in [5.74, 6) is -1.63. The van der Waals surface area contributed by atoms with Crippen molar-refractivity contribution in [2.24, 2.45) is 0 Å². The number of unbranched alkanes of at least 4 members (excludes halogenated alkanes) is 1. The lowest BCUT2D eigenvalue weighted by Gasteiger charge is -2.26. The zero-order chi connectivity index (χ0) is 21.7. The molecular weight excluding hydrogens is 392 g/mol. The van der Waals surface area contributed by atoms with E-state index in [1.165, 1.54) is 0 Å². The number of fused-ring (bicyclic) bond motifs is 1. The highest BCUT2D eigenvalue weighted by Crippen LogP contribution is 2.38. The Labute approximate surface area is 176 Å². The lowest BCUT2D eigenvalue weighted by Crippen LogP contribution is -2.44. The molecule has 166 valence electrons. The lowest BCUT2D eigenvalue weighted by atomic mass is 10.1. The number of nitrogens with one attached hydrogen (secondary N) is 2. The minimum absolute atomic E-state index is 0.0613. The molecule has 2 fully saturated rings. The second kappa shape index (κ2) is 9.74. The predicted octanol–water partition coefficient (Wildman–Crippen LogP) is 2.50. The summed E-state index contributed by atoms with van der Waals surface area (Å²) in [6, 6.07) is 6.26. The maximum Gasteiger partial charge on any atom is 0.319 e. The molecule has 2 heterocycles. The Bertz CT molecular complexity index is 737. The number of hydrogen-bond donors (Lipinski definition) is 3. The number of amides is 2. The Morgan fingerprint density at radius 3 is 2.60 bits per heavy atom. The van der Waals surface area contributed by atoms with Crippen LogP contribution in [0.5, 0.6) is 0 Å². The Hall–Kier alpha value is -2.20. The SMILES string of the molecule is CCCCO[C@H]1[C@H]2OC(C)(C)O[C@H]2O[C@H]1CNC(=O)Nc1ccc(CC(=O)O)cc1. The van der Waals surface area contributed by atoms with Crippen molar-refractivity contribution in [3.63, 3.8) is 0 Å². The molecule has 0 aromatic heterocycles. The summed E-state index contributed by atoms with van der Waals surface area (Å²) in [4.78, 5) is 23.0. The summed E-state index contributed by atoms with van der Waals surface area (Å²) in [6.45, 7) is 6.58. The van der Waals surface area contributed by atoms with Crippen LogP contribution >= 0.6 is 0 Å². The zero-order valence-corrected chi connectivity index (χ0v) is 17.6. The minimum atomic E-state index is -0.901. The van der Waals surface area contributed by atoms with Crippen LogP contribution in [0.1, 0.15) is 39.2 Å². The summed E-state index contributed by atoms with van der Waals surface area (Å²) in [6.07, 6.45) is 0.290. The van der Waals surface area contributed by atoms with Gasteiger partial charge in [0.15, 0.2) is 12.1 Å². The normalized spacial score (nSPS) is 26.9. The molecule has 2 aliphatic rings. The molecule has 0 spiro atoms. The summed E-state index contributed by atoms with van der Waals surface area (Å²) < 4.78 is 23.7. The molecule has 0 bridgehead atoms. The smallest absolute Gasteiger partial charge is 0.319 e. The van der Waals surface area contributed by atoms with E-state index in [1.54, 1.807) is 24.3 Å². The van der Waals surface area contributed by atoms with Crippen LogP contribution in [0.15, 0.2) is 24.3 Å². The number of carbonyl (C=O) groups excluding carboxylic acids is 1. The molecule has 0 unspecified atom stereocenters. The van der Waals surface area contributed by atoms with Crippen LogP contribution in [0.3, 0.4) is 0 Å². The molecule has 3 N–H and O–H groups in total. The van der Waals surface area contributed by atoms with Crippen molar-refractivity contribution < 1.29 is 33.6 Å². The van der Waals surface area contributed by atoms with Crippen LogP contribution in [0.2, 0.25) is 0 Å². The van der Waals surface area contributed by atoms with Crippen molar-refractivity contribution in [1.29, 1.82) is 0 Å². The first kappa shape index (κ1) is 22.5. The summed E-state index contributed by atoms with van der Waals surface area (Å²) in [7, 11) is 0. The number of urea groups is 1. The molecule has 2 amide bonds. The number of ether oxygens (including phenoxy) is 4. The first-order chi connectivity index (χ1) is 14.3. The van der Waals surface area contributed by atoms with Crippen molar-refractivity contribution in [3.8, 4) is 0 Å². The fraction of sp³-hybridized carbons (Fsp3) is 0.619. The van der Waals surface area contributed by atoms with Gasteiger partial charge in [-0.15, -0.1) is 0 Å². The number of carboxylic acids is 1. The van der Waals surface area contributed by atoms with Gasteiger partial charge in [0.05, 0.1) is 6.42 Å². The van der Waals surface area contributed by atoms with Crippen molar-refractivity contribution in [2.75, 3.05) is 18.5 Å². The Morgan fingerprint density at radius 1 is 1.20 bits per heavy atom. The van der Waals surface area contributed by atoms with Gasteiger partial charge in [-0.3, -0.25) is 4.79 Å². The van der Waals surface area contributed by atoms with Crippen LogP contribution < -0.4 is 10.6 Å². The van der Waals surface area contributed by atoms with E-state index in [0.29, 0.717) is 17.9 Å². The van der Waals surface area contributed by atoms with E-state index in [4.69, 9.17) is 24.1 Å². The third-order valence-corrected chi connectivity index (χ3v) is 4.93. The molecule has 0 radical (unpaired) electrons. The first-order valence-electron chi connectivity index (χ1n) is 10.3.